The lowest BCUT2D eigenvalue weighted by Crippen LogP contribution is -2.30. The first-order chi connectivity index (χ1) is 32.0. The van der Waals surface area contributed by atoms with Gasteiger partial charge in [0.1, 0.15) is 13.2 Å². The van der Waals surface area contributed by atoms with Crippen LogP contribution in [0, 0.1) is 0 Å². The van der Waals surface area contributed by atoms with E-state index in [4.69, 9.17) is 14.2 Å². The Balaban J connectivity index is 4.59. The van der Waals surface area contributed by atoms with Crippen LogP contribution in [0.15, 0.2) is 134 Å². The molecule has 65 heavy (non-hydrogen) atoms. The van der Waals surface area contributed by atoms with E-state index in [1.165, 1.54) is 25.7 Å². The first-order valence-electron chi connectivity index (χ1n) is 25.7. The minimum absolute atomic E-state index is 0.125. The highest BCUT2D eigenvalue weighted by atomic mass is 16.6. The molecule has 6 heteroatoms. The molecule has 0 rings (SSSR count). The van der Waals surface area contributed by atoms with Gasteiger partial charge in [-0.2, -0.15) is 0 Å². The second-order valence-electron chi connectivity index (χ2n) is 16.3. The van der Waals surface area contributed by atoms with Gasteiger partial charge in [-0.05, 0) is 135 Å². The monoisotopic (exact) mass is 897 g/mol. The smallest absolute Gasteiger partial charge is 0.306 e. The number of hydrogen-bond acceptors (Lipinski definition) is 6. The third-order valence-electron chi connectivity index (χ3n) is 10.1. The number of esters is 3. The molecule has 0 aliphatic heterocycles. The lowest BCUT2D eigenvalue weighted by molar-refractivity contribution is -0.167. The largest absolute Gasteiger partial charge is 0.462 e. The second-order valence-corrected chi connectivity index (χ2v) is 16.3. The van der Waals surface area contributed by atoms with Gasteiger partial charge in [0.2, 0.25) is 0 Å². The van der Waals surface area contributed by atoms with Gasteiger partial charge in [-0.3, -0.25) is 14.4 Å². The molecule has 0 aromatic heterocycles. The SMILES string of the molecule is CC/C=C\C/C=C\C/C=C\C/C=C\CCCCC(=O)OC[C@H](COC(=O)CCCCCC/C=C\C/C=C\C/C=C\CCCCC)OC(=O)CCCC/C=C\C/C=C\C/C=C\C/C=C\CC. The molecular weight excluding hydrogens is 805 g/mol. The van der Waals surface area contributed by atoms with E-state index in [1.807, 2.05) is 0 Å². The normalized spacial score (nSPS) is 13.2. The highest BCUT2D eigenvalue weighted by Crippen LogP contribution is 2.11. The number of carbonyl (C=O) groups is 3. The van der Waals surface area contributed by atoms with Crippen molar-refractivity contribution < 1.29 is 28.6 Å². The standard InChI is InChI=1S/C59H92O6/c1-4-7-10-13-16-19-22-25-28-29-32-34-37-40-43-46-49-52-58(61)64-55-56(65-59(62)53-50-47-44-41-38-35-31-27-24-21-18-15-12-9-6-3)54-63-57(60)51-48-45-42-39-36-33-30-26-23-20-17-14-11-8-5-2/h8-9,11-12,16-21,25-28,30-32,34,36,38-39,41,56H,4-7,10,13-15,22-24,29,33,35,37,40,42-55H2,1-3H3/b11-8-,12-9-,19-16-,20-17-,21-18-,28-25-,30-26-,31-27-,34-32-,39-36-,41-38-/t56-/m1/s1. The molecule has 364 valence electrons. The summed E-state index contributed by atoms with van der Waals surface area (Å²) in [6, 6.07) is 0. The maximum Gasteiger partial charge on any atom is 0.306 e. The third kappa shape index (κ3) is 50.4. The topological polar surface area (TPSA) is 78.9 Å². The van der Waals surface area contributed by atoms with Crippen molar-refractivity contribution in [2.24, 2.45) is 0 Å². The Hall–Kier alpha value is -4.45. The van der Waals surface area contributed by atoms with E-state index >= 15 is 0 Å². The van der Waals surface area contributed by atoms with Gasteiger partial charge in [0.25, 0.3) is 0 Å². The lowest BCUT2D eigenvalue weighted by Gasteiger charge is -2.18. The minimum Gasteiger partial charge on any atom is -0.462 e. The van der Waals surface area contributed by atoms with Crippen molar-refractivity contribution in [3.63, 3.8) is 0 Å². The summed E-state index contributed by atoms with van der Waals surface area (Å²) in [5.41, 5.74) is 0. The van der Waals surface area contributed by atoms with Crippen LogP contribution < -0.4 is 0 Å². The quantitative estimate of drug-likeness (QED) is 0.0262. The summed E-state index contributed by atoms with van der Waals surface area (Å²) < 4.78 is 16.7. The molecule has 0 aliphatic rings. The summed E-state index contributed by atoms with van der Waals surface area (Å²) in [4.78, 5) is 38.0. The maximum absolute atomic E-state index is 12.8. The molecule has 0 radical (unpaired) electrons. The van der Waals surface area contributed by atoms with Crippen molar-refractivity contribution in [2.45, 2.75) is 207 Å². The van der Waals surface area contributed by atoms with Crippen molar-refractivity contribution >= 4 is 17.9 Å². The molecule has 0 saturated carbocycles. The summed E-state index contributed by atoms with van der Waals surface area (Å²) in [6.45, 7) is 6.26. The molecule has 0 aromatic rings. The Labute approximate surface area is 398 Å². The van der Waals surface area contributed by atoms with Gasteiger partial charge in [-0.15, -0.1) is 0 Å². The maximum atomic E-state index is 12.8. The van der Waals surface area contributed by atoms with Crippen LogP contribution in [0.1, 0.15) is 201 Å². The van der Waals surface area contributed by atoms with Crippen LogP contribution in [0.2, 0.25) is 0 Å². The van der Waals surface area contributed by atoms with E-state index in [0.717, 1.165) is 122 Å². The fraction of sp³-hybridized carbons (Fsp3) is 0.576. The van der Waals surface area contributed by atoms with Gasteiger partial charge < -0.3 is 14.2 Å². The van der Waals surface area contributed by atoms with Crippen molar-refractivity contribution in [3.05, 3.63) is 134 Å². The van der Waals surface area contributed by atoms with Gasteiger partial charge in [0.15, 0.2) is 6.10 Å². The van der Waals surface area contributed by atoms with Crippen molar-refractivity contribution in [1.82, 2.24) is 0 Å². The zero-order valence-corrected chi connectivity index (χ0v) is 41.4. The van der Waals surface area contributed by atoms with Crippen LogP contribution in [0.4, 0.5) is 0 Å². The Morgan fingerprint density at radius 3 is 0.954 bits per heavy atom. The summed E-state index contributed by atoms with van der Waals surface area (Å²) in [5.74, 6) is -1.04. The van der Waals surface area contributed by atoms with Gasteiger partial charge in [-0.25, -0.2) is 0 Å². The summed E-state index contributed by atoms with van der Waals surface area (Å²) in [7, 11) is 0. The van der Waals surface area contributed by atoms with Crippen LogP contribution >= 0.6 is 0 Å². The highest BCUT2D eigenvalue weighted by molar-refractivity contribution is 5.71. The average molecular weight is 897 g/mol. The molecule has 0 aromatic carbocycles. The summed E-state index contributed by atoms with van der Waals surface area (Å²) >= 11 is 0. The van der Waals surface area contributed by atoms with E-state index in [9.17, 15) is 14.4 Å². The summed E-state index contributed by atoms with van der Waals surface area (Å²) in [6.07, 6.45) is 72.9. The van der Waals surface area contributed by atoms with Crippen molar-refractivity contribution in [2.75, 3.05) is 13.2 Å². The third-order valence-corrected chi connectivity index (χ3v) is 10.1. The first kappa shape index (κ1) is 60.5. The zero-order chi connectivity index (χ0) is 47.2. The van der Waals surface area contributed by atoms with Crippen LogP contribution in [0.5, 0.6) is 0 Å². The number of rotatable bonds is 44. The molecule has 0 fully saturated rings. The van der Waals surface area contributed by atoms with E-state index in [2.05, 4.69) is 154 Å². The van der Waals surface area contributed by atoms with Crippen molar-refractivity contribution in [1.29, 1.82) is 0 Å². The van der Waals surface area contributed by atoms with Crippen LogP contribution in [0.25, 0.3) is 0 Å². The molecule has 0 unspecified atom stereocenters. The molecule has 0 saturated heterocycles. The fourth-order valence-electron chi connectivity index (χ4n) is 6.31. The average Bonchev–Trinajstić information content (AvgIpc) is 3.30. The van der Waals surface area contributed by atoms with Crippen LogP contribution in [-0.2, 0) is 28.6 Å². The Morgan fingerprint density at radius 1 is 0.323 bits per heavy atom. The molecule has 0 N–H and O–H groups in total. The van der Waals surface area contributed by atoms with Crippen LogP contribution in [-0.4, -0.2) is 37.2 Å². The van der Waals surface area contributed by atoms with Crippen molar-refractivity contribution in [3.8, 4) is 0 Å². The summed E-state index contributed by atoms with van der Waals surface area (Å²) in [5, 5.41) is 0. The number of unbranched alkanes of at least 4 members (excludes halogenated alkanes) is 11. The molecule has 6 nitrogen and oxygen atoms in total. The number of carbonyl (C=O) groups excluding carboxylic acids is 3. The van der Waals surface area contributed by atoms with Gasteiger partial charge in [0, 0.05) is 19.3 Å². The second kappa shape index (κ2) is 52.2. The Morgan fingerprint density at radius 2 is 0.600 bits per heavy atom. The molecule has 0 aliphatic carbocycles. The van der Waals surface area contributed by atoms with Crippen LogP contribution in [0.3, 0.4) is 0 Å². The number of allylic oxidation sites excluding steroid dienone is 22. The molecule has 0 heterocycles. The zero-order valence-electron chi connectivity index (χ0n) is 41.4. The molecule has 0 spiro atoms. The lowest BCUT2D eigenvalue weighted by atomic mass is 10.1. The van der Waals surface area contributed by atoms with E-state index in [-0.39, 0.29) is 44.0 Å². The molecule has 0 bridgehead atoms. The number of hydrogen-bond donors (Lipinski definition) is 0. The van der Waals surface area contributed by atoms with E-state index in [0.29, 0.717) is 19.3 Å². The first-order valence-corrected chi connectivity index (χ1v) is 25.7. The predicted molar refractivity (Wildman–Crippen MR) is 279 cm³/mol. The minimum atomic E-state index is -0.831. The fourth-order valence-corrected chi connectivity index (χ4v) is 6.31. The molecular formula is C59H92O6. The number of ether oxygens (including phenoxy) is 3. The van der Waals surface area contributed by atoms with Gasteiger partial charge >= 0.3 is 17.9 Å². The van der Waals surface area contributed by atoms with E-state index < -0.39 is 6.10 Å². The molecule has 0 amide bonds. The Kier molecular flexibility index (Phi) is 48.6. The Bertz CT molecular complexity index is 1450. The molecule has 1 atom stereocenters. The van der Waals surface area contributed by atoms with Gasteiger partial charge in [0.05, 0.1) is 0 Å². The van der Waals surface area contributed by atoms with Gasteiger partial charge in [-0.1, -0.05) is 180 Å². The van der Waals surface area contributed by atoms with E-state index in [1.54, 1.807) is 0 Å². The highest BCUT2D eigenvalue weighted by Gasteiger charge is 2.19. The predicted octanol–water partition coefficient (Wildman–Crippen LogP) is 17.1.